The first-order chi connectivity index (χ1) is 12.1. The molecule has 0 saturated carbocycles. The normalized spacial score (nSPS) is 12.2. The summed E-state index contributed by atoms with van der Waals surface area (Å²) in [5, 5.41) is 4.33. The van der Waals surface area contributed by atoms with Gasteiger partial charge in [0.15, 0.2) is 4.80 Å². The number of benzene rings is 1. The van der Waals surface area contributed by atoms with E-state index in [4.69, 9.17) is 4.74 Å². The number of hydrogen-bond donors (Lipinski definition) is 0. The molecule has 0 bridgehead atoms. The number of aryl methyl sites for hydroxylation is 2. The van der Waals surface area contributed by atoms with Crippen molar-refractivity contribution in [1.82, 2.24) is 14.3 Å². The van der Waals surface area contributed by atoms with Gasteiger partial charge >= 0.3 is 0 Å². The summed E-state index contributed by atoms with van der Waals surface area (Å²) in [6.07, 6.45) is 0. The number of hydrogen-bond acceptors (Lipinski definition) is 4. The lowest BCUT2D eigenvalue weighted by molar-refractivity contribution is 0.0986. The summed E-state index contributed by atoms with van der Waals surface area (Å²) < 4.78 is 10.3. The zero-order chi connectivity index (χ0) is 17.8. The van der Waals surface area contributed by atoms with Crippen LogP contribution in [0, 0.1) is 6.92 Å². The number of aromatic nitrogens is 3. The average Bonchev–Trinajstić information content (AvgIpc) is 3.15. The zero-order valence-corrected chi connectivity index (χ0v) is 15.5. The standard InChI is InChI=1S/C18H22N4O2S/c1-4-22-15(12-13(3)20-22)17(23)19-18-21(10-11-24-5-2)14-8-6-7-9-16(14)25-18/h6-9,12H,4-5,10-11H2,1-3H3. The molecule has 7 heteroatoms. The van der Waals surface area contributed by atoms with E-state index in [1.807, 2.05) is 49.6 Å². The Labute approximate surface area is 150 Å². The molecule has 1 aromatic carbocycles. The molecule has 0 aliphatic rings. The molecule has 0 spiro atoms. The van der Waals surface area contributed by atoms with Gasteiger partial charge in [0.1, 0.15) is 5.69 Å². The lowest BCUT2D eigenvalue weighted by Gasteiger charge is -2.05. The van der Waals surface area contributed by atoms with Crippen molar-refractivity contribution >= 4 is 27.5 Å². The zero-order valence-electron chi connectivity index (χ0n) is 14.7. The van der Waals surface area contributed by atoms with E-state index in [2.05, 4.69) is 10.1 Å². The Kier molecular flexibility index (Phi) is 5.45. The van der Waals surface area contributed by atoms with Gasteiger partial charge in [-0.05, 0) is 39.0 Å². The summed E-state index contributed by atoms with van der Waals surface area (Å²) in [5.74, 6) is -0.265. The lowest BCUT2D eigenvalue weighted by Crippen LogP contribution is -2.20. The predicted molar refractivity (Wildman–Crippen MR) is 98.8 cm³/mol. The van der Waals surface area contributed by atoms with Crippen LogP contribution in [0.25, 0.3) is 10.2 Å². The monoisotopic (exact) mass is 358 g/mol. The highest BCUT2D eigenvalue weighted by Gasteiger charge is 2.14. The molecule has 0 atom stereocenters. The van der Waals surface area contributed by atoms with E-state index >= 15 is 0 Å². The second-order valence-corrected chi connectivity index (χ2v) is 6.61. The Balaban J connectivity index is 2.05. The third kappa shape index (κ3) is 3.72. The van der Waals surface area contributed by atoms with Crippen LogP contribution in [0.3, 0.4) is 0 Å². The number of rotatable bonds is 6. The molecule has 0 N–H and O–H groups in total. The predicted octanol–water partition coefficient (Wildman–Crippen LogP) is 3.01. The summed E-state index contributed by atoms with van der Waals surface area (Å²) in [4.78, 5) is 17.8. The number of nitrogens with zero attached hydrogens (tertiary/aromatic N) is 4. The second-order valence-electron chi connectivity index (χ2n) is 5.60. The third-order valence-electron chi connectivity index (χ3n) is 3.87. The Bertz CT molecular complexity index is 952. The van der Waals surface area contributed by atoms with Crippen LogP contribution in [0.15, 0.2) is 35.3 Å². The van der Waals surface area contributed by atoms with Crippen molar-refractivity contribution < 1.29 is 9.53 Å². The first-order valence-electron chi connectivity index (χ1n) is 8.43. The van der Waals surface area contributed by atoms with Crippen molar-refractivity contribution in [2.24, 2.45) is 4.99 Å². The molecule has 2 heterocycles. The molecule has 0 saturated heterocycles. The molecule has 3 aromatic rings. The highest BCUT2D eigenvalue weighted by atomic mass is 32.1. The van der Waals surface area contributed by atoms with Gasteiger partial charge in [0.2, 0.25) is 0 Å². The number of carbonyl (C=O) groups is 1. The van der Waals surface area contributed by atoms with E-state index in [1.54, 1.807) is 10.7 Å². The molecule has 2 aromatic heterocycles. The average molecular weight is 358 g/mol. The van der Waals surface area contributed by atoms with Crippen molar-refractivity contribution in [3.8, 4) is 0 Å². The van der Waals surface area contributed by atoms with Crippen LogP contribution in [0.1, 0.15) is 30.0 Å². The Morgan fingerprint density at radius 1 is 1.32 bits per heavy atom. The minimum absolute atomic E-state index is 0.265. The minimum Gasteiger partial charge on any atom is -0.380 e. The number of para-hydroxylation sites is 1. The van der Waals surface area contributed by atoms with Gasteiger partial charge in [-0.1, -0.05) is 23.5 Å². The molecular formula is C18H22N4O2S. The molecule has 0 fully saturated rings. The van der Waals surface area contributed by atoms with Crippen molar-refractivity contribution in [1.29, 1.82) is 0 Å². The van der Waals surface area contributed by atoms with E-state index in [9.17, 15) is 4.79 Å². The largest absolute Gasteiger partial charge is 0.380 e. The molecule has 132 valence electrons. The summed E-state index contributed by atoms with van der Waals surface area (Å²) in [7, 11) is 0. The topological polar surface area (TPSA) is 61.4 Å². The number of ether oxygens (including phenoxy) is 1. The molecule has 0 aliphatic carbocycles. The molecule has 0 aliphatic heterocycles. The van der Waals surface area contributed by atoms with E-state index in [0.29, 0.717) is 36.8 Å². The summed E-state index contributed by atoms with van der Waals surface area (Å²) in [6, 6.07) is 9.86. The fraction of sp³-hybridized carbons (Fsp3) is 0.389. The van der Waals surface area contributed by atoms with Crippen molar-refractivity contribution in [3.63, 3.8) is 0 Å². The molecular weight excluding hydrogens is 336 g/mol. The van der Waals surface area contributed by atoms with Gasteiger partial charge < -0.3 is 9.30 Å². The maximum Gasteiger partial charge on any atom is 0.297 e. The number of amides is 1. The summed E-state index contributed by atoms with van der Waals surface area (Å²) in [5.41, 5.74) is 2.41. The summed E-state index contributed by atoms with van der Waals surface area (Å²) >= 11 is 1.52. The Hall–Kier alpha value is -2.25. The number of thiazole rings is 1. The fourth-order valence-corrected chi connectivity index (χ4v) is 3.78. The van der Waals surface area contributed by atoms with Crippen LogP contribution < -0.4 is 4.80 Å². The second kappa shape index (κ2) is 7.76. The van der Waals surface area contributed by atoms with Crippen LogP contribution in [0.2, 0.25) is 0 Å². The van der Waals surface area contributed by atoms with Crippen LogP contribution in [0.4, 0.5) is 0 Å². The highest BCUT2D eigenvalue weighted by Crippen LogP contribution is 2.17. The van der Waals surface area contributed by atoms with Gasteiger partial charge in [0, 0.05) is 19.7 Å². The van der Waals surface area contributed by atoms with Crippen molar-refractivity contribution in [2.45, 2.75) is 33.9 Å². The first-order valence-corrected chi connectivity index (χ1v) is 9.25. The third-order valence-corrected chi connectivity index (χ3v) is 4.93. The molecule has 3 rings (SSSR count). The Morgan fingerprint density at radius 2 is 2.12 bits per heavy atom. The van der Waals surface area contributed by atoms with E-state index in [0.717, 1.165) is 15.9 Å². The van der Waals surface area contributed by atoms with Crippen molar-refractivity contribution in [2.75, 3.05) is 13.2 Å². The summed E-state index contributed by atoms with van der Waals surface area (Å²) in [6.45, 7) is 8.37. The first kappa shape index (κ1) is 17.6. The van der Waals surface area contributed by atoms with E-state index in [1.165, 1.54) is 11.3 Å². The van der Waals surface area contributed by atoms with E-state index < -0.39 is 0 Å². The molecule has 6 nitrogen and oxygen atoms in total. The van der Waals surface area contributed by atoms with Gasteiger partial charge in [-0.15, -0.1) is 0 Å². The lowest BCUT2D eigenvalue weighted by atomic mass is 10.3. The molecule has 25 heavy (non-hydrogen) atoms. The maximum absolute atomic E-state index is 12.7. The van der Waals surface area contributed by atoms with Gasteiger partial charge in [-0.3, -0.25) is 9.48 Å². The number of fused-ring (bicyclic) bond motifs is 1. The van der Waals surface area contributed by atoms with E-state index in [-0.39, 0.29) is 5.91 Å². The fourth-order valence-electron chi connectivity index (χ4n) is 2.73. The van der Waals surface area contributed by atoms with Gasteiger partial charge in [0.25, 0.3) is 5.91 Å². The van der Waals surface area contributed by atoms with Crippen LogP contribution >= 0.6 is 11.3 Å². The molecule has 1 amide bonds. The number of carbonyl (C=O) groups excluding carboxylic acids is 1. The maximum atomic E-state index is 12.7. The van der Waals surface area contributed by atoms with Gasteiger partial charge in [-0.2, -0.15) is 10.1 Å². The minimum atomic E-state index is -0.265. The Morgan fingerprint density at radius 3 is 2.88 bits per heavy atom. The highest BCUT2D eigenvalue weighted by molar-refractivity contribution is 7.16. The molecule has 0 radical (unpaired) electrons. The smallest absolute Gasteiger partial charge is 0.297 e. The van der Waals surface area contributed by atoms with Crippen LogP contribution in [0.5, 0.6) is 0 Å². The van der Waals surface area contributed by atoms with Crippen LogP contribution in [-0.2, 0) is 17.8 Å². The SMILES string of the molecule is CCOCCn1c(=NC(=O)c2cc(C)nn2CC)sc2ccccc21. The van der Waals surface area contributed by atoms with Crippen molar-refractivity contribution in [3.05, 3.63) is 46.5 Å². The molecule has 0 unspecified atom stereocenters. The van der Waals surface area contributed by atoms with Gasteiger partial charge in [0.05, 0.1) is 22.5 Å². The van der Waals surface area contributed by atoms with Crippen LogP contribution in [-0.4, -0.2) is 33.5 Å². The quantitative estimate of drug-likeness (QED) is 0.637. The van der Waals surface area contributed by atoms with Gasteiger partial charge in [-0.25, -0.2) is 0 Å².